The third kappa shape index (κ3) is 4.29. The minimum atomic E-state index is -1.42. The molecular formula is C24H22N4O4. The fourth-order valence-corrected chi connectivity index (χ4v) is 3.22. The van der Waals surface area contributed by atoms with E-state index in [4.69, 9.17) is 4.74 Å². The van der Waals surface area contributed by atoms with Crippen LogP contribution in [0.25, 0.3) is 16.5 Å². The summed E-state index contributed by atoms with van der Waals surface area (Å²) < 4.78 is 7.77. The van der Waals surface area contributed by atoms with E-state index in [1.807, 2.05) is 54.6 Å². The summed E-state index contributed by atoms with van der Waals surface area (Å²) in [5.41, 5.74) is 0.626. The molecule has 0 aliphatic rings. The zero-order valence-electron chi connectivity index (χ0n) is 17.6. The summed E-state index contributed by atoms with van der Waals surface area (Å²) in [6.07, 6.45) is 3.08. The van der Waals surface area contributed by atoms with E-state index in [2.05, 4.69) is 15.4 Å². The number of carboxylic acid groups (broad SMARTS) is 1. The SMILES string of the molecule is CC(C)(NC(=O)c1ccc2ccccc2c1OCc1ccc(-n2cncn2)cc1)C(=O)O. The molecule has 8 heteroatoms. The van der Waals surface area contributed by atoms with E-state index in [9.17, 15) is 14.7 Å². The summed E-state index contributed by atoms with van der Waals surface area (Å²) in [4.78, 5) is 28.3. The number of aromatic nitrogens is 3. The van der Waals surface area contributed by atoms with Gasteiger partial charge in [-0.3, -0.25) is 4.79 Å². The van der Waals surface area contributed by atoms with Crippen molar-refractivity contribution < 1.29 is 19.4 Å². The summed E-state index contributed by atoms with van der Waals surface area (Å²) in [7, 11) is 0. The number of rotatable bonds is 7. The van der Waals surface area contributed by atoms with Gasteiger partial charge in [0, 0.05) is 5.39 Å². The number of carbonyl (C=O) groups excluding carboxylic acids is 1. The Bertz CT molecular complexity index is 1270. The average molecular weight is 430 g/mol. The van der Waals surface area contributed by atoms with Crippen molar-refractivity contribution in [1.29, 1.82) is 0 Å². The molecule has 0 aliphatic carbocycles. The highest BCUT2D eigenvalue weighted by atomic mass is 16.5. The first-order valence-corrected chi connectivity index (χ1v) is 9.99. The van der Waals surface area contributed by atoms with Crippen molar-refractivity contribution in [3.05, 3.63) is 84.4 Å². The molecule has 0 fully saturated rings. The number of aliphatic carboxylic acids is 1. The predicted octanol–water partition coefficient (Wildman–Crippen LogP) is 3.59. The summed E-state index contributed by atoms with van der Waals surface area (Å²) in [5, 5.41) is 17.7. The maximum atomic E-state index is 12.9. The summed E-state index contributed by atoms with van der Waals surface area (Å²) in [6.45, 7) is 3.10. The molecule has 1 amide bonds. The molecule has 0 unspecified atom stereocenters. The van der Waals surface area contributed by atoms with Crippen molar-refractivity contribution in [3.8, 4) is 11.4 Å². The van der Waals surface area contributed by atoms with Crippen molar-refractivity contribution in [3.63, 3.8) is 0 Å². The van der Waals surface area contributed by atoms with Gasteiger partial charge in [-0.25, -0.2) is 14.5 Å². The zero-order chi connectivity index (χ0) is 22.7. The fraction of sp³-hybridized carbons (Fsp3) is 0.167. The van der Waals surface area contributed by atoms with Crippen LogP contribution in [-0.2, 0) is 11.4 Å². The summed E-state index contributed by atoms with van der Waals surface area (Å²) in [6, 6.07) is 18.7. The smallest absolute Gasteiger partial charge is 0.328 e. The van der Waals surface area contributed by atoms with E-state index in [0.29, 0.717) is 5.75 Å². The van der Waals surface area contributed by atoms with Crippen molar-refractivity contribution in [2.75, 3.05) is 0 Å². The van der Waals surface area contributed by atoms with Gasteiger partial charge in [-0.15, -0.1) is 0 Å². The number of carboxylic acids is 1. The van der Waals surface area contributed by atoms with Crippen LogP contribution in [0.5, 0.6) is 5.75 Å². The van der Waals surface area contributed by atoms with Gasteiger partial charge in [-0.2, -0.15) is 5.10 Å². The molecule has 2 N–H and O–H groups in total. The van der Waals surface area contributed by atoms with Gasteiger partial charge < -0.3 is 15.2 Å². The van der Waals surface area contributed by atoms with Crippen LogP contribution in [0.3, 0.4) is 0 Å². The monoisotopic (exact) mass is 430 g/mol. The molecule has 4 aromatic rings. The molecule has 0 radical (unpaired) electrons. The highest BCUT2D eigenvalue weighted by Gasteiger charge is 2.30. The van der Waals surface area contributed by atoms with Crippen LogP contribution >= 0.6 is 0 Å². The molecule has 0 spiro atoms. The molecule has 1 aromatic heterocycles. The van der Waals surface area contributed by atoms with E-state index in [1.165, 1.54) is 20.2 Å². The molecule has 0 aliphatic heterocycles. The molecule has 0 saturated heterocycles. The Balaban J connectivity index is 1.62. The van der Waals surface area contributed by atoms with Crippen molar-refractivity contribution in [2.45, 2.75) is 26.0 Å². The molecule has 32 heavy (non-hydrogen) atoms. The Labute approximate surface area is 184 Å². The first-order valence-electron chi connectivity index (χ1n) is 9.99. The number of hydrogen-bond acceptors (Lipinski definition) is 5. The molecule has 4 rings (SSSR count). The van der Waals surface area contributed by atoms with Crippen molar-refractivity contribution >= 4 is 22.6 Å². The Morgan fingerprint density at radius 2 is 1.81 bits per heavy atom. The lowest BCUT2D eigenvalue weighted by Gasteiger charge is -2.22. The number of carbonyl (C=O) groups is 2. The van der Waals surface area contributed by atoms with E-state index < -0.39 is 17.4 Å². The number of nitrogens with zero attached hydrogens (tertiary/aromatic N) is 3. The molecule has 0 saturated carbocycles. The molecule has 0 bridgehead atoms. The van der Waals surface area contributed by atoms with Gasteiger partial charge in [-0.05, 0) is 43.0 Å². The maximum Gasteiger partial charge on any atom is 0.328 e. The van der Waals surface area contributed by atoms with Gasteiger partial charge in [0.2, 0.25) is 0 Å². The number of nitrogens with one attached hydrogen (secondary N) is 1. The second-order valence-corrected chi connectivity index (χ2v) is 7.84. The summed E-state index contributed by atoms with van der Waals surface area (Å²) >= 11 is 0. The molecule has 3 aromatic carbocycles. The van der Waals surface area contributed by atoms with E-state index in [-0.39, 0.29) is 12.2 Å². The molecule has 162 valence electrons. The van der Waals surface area contributed by atoms with Crippen LogP contribution in [0.1, 0.15) is 29.8 Å². The topological polar surface area (TPSA) is 106 Å². The number of ether oxygens (including phenoxy) is 1. The third-order valence-corrected chi connectivity index (χ3v) is 5.09. The Morgan fingerprint density at radius 1 is 1.06 bits per heavy atom. The lowest BCUT2D eigenvalue weighted by atomic mass is 10.0. The number of benzene rings is 3. The van der Waals surface area contributed by atoms with Crippen LogP contribution < -0.4 is 10.1 Å². The minimum absolute atomic E-state index is 0.230. The van der Waals surface area contributed by atoms with Gasteiger partial charge >= 0.3 is 5.97 Å². The normalized spacial score (nSPS) is 11.3. The highest BCUT2D eigenvalue weighted by molar-refractivity contribution is 6.05. The fourth-order valence-electron chi connectivity index (χ4n) is 3.22. The maximum absolute atomic E-state index is 12.9. The van der Waals surface area contributed by atoms with Crippen molar-refractivity contribution in [1.82, 2.24) is 20.1 Å². The lowest BCUT2D eigenvalue weighted by molar-refractivity contribution is -0.143. The quantitative estimate of drug-likeness (QED) is 0.464. The van der Waals surface area contributed by atoms with Crippen LogP contribution in [0.15, 0.2) is 73.3 Å². The summed E-state index contributed by atoms with van der Waals surface area (Å²) in [5.74, 6) is -1.23. The van der Waals surface area contributed by atoms with E-state index in [1.54, 1.807) is 17.1 Å². The van der Waals surface area contributed by atoms with Crippen LogP contribution in [0.4, 0.5) is 0 Å². The Morgan fingerprint density at radius 3 is 2.50 bits per heavy atom. The first kappa shape index (κ1) is 21.0. The lowest BCUT2D eigenvalue weighted by Crippen LogP contribution is -2.49. The Hall–Kier alpha value is -4.20. The van der Waals surface area contributed by atoms with E-state index in [0.717, 1.165) is 22.0 Å². The van der Waals surface area contributed by atoms with Gasteiger partial charge in [0.15, 0.2) is 0 Å². The van der Waals surface area contributed by atoms with Crippen LogP contribution in [-0.4, -0.2) is 37.3 Å². The molecular weight excluding hydrogens is 408 g/mol. The Kier molecular flexibility index (Phi) is 5.59. The van der Waals surface area contributed by atoms with Crippen LogP contribution in [0, 0.1) is 0 Å². The van der Waals surface area contributed by atoms with Gasteiger partial charge in [-0.1, -0.05) is 42.5 Å². The number of hydrogen-bond donors (Lipinski definition) is 2. The van der Waals surface area contributed by atoms with E-state index >= 15 is 0 Å². The van der Waals surface area contributed by atoms with Gasteiger partial charge in [0.25, 0.3) is 5.91 Å². The second-order valence-electron chi connectivity index (χ2n) is 7.84. The molecule has 8 nitrogen and oxygen atoms in total. The minimum Gasteiger partial charge on any atom is -0.487 e. The van der Waals surface area contributed by atoms with Gasteiger partial charge in [0.1, 0.15) is 30.5 Å². The predicted molar refractivity (Wildman–Crippen MR) is 119 cm³/mol. The molecule has 1 heterocycles. The number of fused-ring (bicyclic) bond motifs is 1. The highest BCUT2D eigenvalue weighted by Crippen LogP contribution is 2.31. The first-order chi connectivity index (χ1) is 15.3. The second kappa shape index (κ2) is 8.50. The standard InChI is InChI=1S/C24H22N4O4/c1-24(2,23(30)31)27-22(29)20-12-9-17-5-3-4-6-19(17)21(20)32-13-16-7-10-18(11-8-16)28-15-25-14-26-28/h3-12,14-15H,13H2,1-2H3,(H,27,29)(H,30,31). The number of amides is 1. The third-order valence-electron chi connectivity index (χ3n) is 5.09. The van der Waals surface area contributed by atoms with Crippen molar-refractivity contribution in [2.24, 2.45) is 0 Å². The average Bonchev–Trinajstić information content (AvgIpc) is 3.32. The zero-order valence-corrected chi connectivity index (χ0v) is 17.6. The van der Waals surface area contributed by atoms with Crippen LogP contribution in [0.2, 0.25) is 0 Å². The molecule has 0 atom stereocenters. The largest absolute Gasteiger partial charge is 0.487 e. The van der Waals surface area contributed by atoms with Gasteiger partial charge in [0.05, 0.1) is 11.3 Å².